The van der Waals surface area contributed by atoms with Gasteiger partial charge in [-0.1, -0.05) is 6.92 Å². The third-order valence-electron chi connectivity index (χ3n) is 5.16. The van der Waals surface area contributed by atoms with Crippen LogP contribution in [0.25, 0.3) is 0 Å². The average Bonchev–Trinajstić information content (AvgIpc) is 2.82. The zero-order chi connectivity index (χ0) is 25.5. The standard InChI is InChI=1S/C23H29FN4O6S/c1-5-20(29)27-35(31)17-6-7-19(18(24)12-17)34-22-15(4)21(25-13-26-22)33-16-8-10-28(11-9-16)23(30)32-14(2)3/h6-7,12-14,16H,5,8-11H2,1-4H3,(H,27,29). The molecule has 2 amide bonds. The first kappa shape index (κ1) is 26.3. The van der Waals surface area contributed by atoms with Crippen molar-refractivity contribution in [1.82, 2.24) is 19.6 Å². The maximum atomic E-state index is 14.6. The Hall–Kier alpha value is -3.28. The molecule has 0 bridgehead atoms. The van der Waals surface area contributed by atoms with E-state index in [9.17, 15) is 18.2 Å². The molecule has 1 N–H and O–H groups in total. The fraction of sp³-hybridized carbons (Fsp3) is 0.478. The van der Waals surface area contributed by atoms with E-state index in [1.54, 1.807) is 32.6 Å². The number of carbonyl (C=O) groups excluding carboxylic acids is 2. The summed E-state index contributed by atoms with van der Waals surface area (Å²) in [6.07, 6.45) is 1.96. The molecule has 1 aromatic carbocycles. The van der Waals surface area contributed by atoms with Gasteiger partial charge in [-0.05, 0) is 39.0 Å². The SMILES string of the molecule is CCC(=O)NS(=O)c1ccc(Oc2ncnc(OC3CCN(C(=O)OC(C)C)CC3)c2C)c(F)c1. The van der Waals surface area contributed by atoms with Crippen molar-refractivity contribution in [2.24, 2.45) is 0 Å². The number of halogens is 1. The minimum Gasteiger partial charge on any atom is -0.474 e. The number of aromatic nitrogens is 2. The molecule has 1 unspecified atom stereocenters. The highest BCUT2D eigenvalue weighted by Gasteiger charge is 2.26. The van der Waals surface area contributed by atoms with E-state index < -0.39 is 22.7 Å². The van der Waals surface area contributed by atoms with Gasteiger partial charge >= 0.3 is 6.09 Å². The lowest BCUT2D eigenvalue weighted by Crippen LogP contribution is -2.42. The van der Waals surface area contributed by atoms with Crippen LogP contribution in [-0.2, 0) is 20.5 Å². The Labute approximate surface area is 205 Å². The normalized spacial score (nSPS) is 15.0. The molecule has 1 saturated heterocycles. The Morgan fingerprint density at radius 3 is 2.54 bits per heavy atom. The third kappa shape index (κ3) is 7.10. The van der Waals surface area contributed by atoms with Gasteiger partial charge in [-0.25, -0.2) is 23.4 Å². The molecule has 10 nitrogen and oxygen atoms in total. The Balaban J connectivity index is 1.63. The Bertz CT molecular complexity index is 1090. The van der Waals surface area contributed by atoms with Crippen LogP contribution in [0, 0.1) is 12.7 Å². The number of piperidine rings is 1. The number of likely N-dealkylation sites (tertiary alicyclic amines) is 1. The van der Waals surface area contributed by atoms with Crippen molar-refractivity contribution >= 4 is 23.0 Å². The van der Waals surface area contributed by atoms with Crippen LogP contribution in [0.1, 0.15) is 45.6 Å². The average molecular weight is 509 g/mol. The first-order valence-corrected chi connectivity index (χ1v) is 12.4. The number of ether oxygens (including phenoxy) is 3. The summed E-state index contributed by atoms with van der Waals surface area (Å²) in [6, 6.07) is 3.75. The molecule has 0 radical (unpaired) electrons. The lowest BCUT2D eigenvalue weighted by molar-refractivity contribution is -0.118. The van der Waals surface area contributed by atoms with Gasteiger partial charge in [-0.3, -0.25) is 9.52 Å². The van der Waals surface area contributed by atoms with E-state index >= 15 is 0 Å². The second kappa shape index (κ2) is 11.9. The second-order valence-corrected chi connectivity index (χ2v) is 9.40. The van der Waals surface area contributed by atoms with Crippen molar-refractivity contribution in [3.05, 3.63) is 35.9 Å². The van der Waals surface area contributed by atoms with Gasteiger partial charge in [-0.15, -0.1) is 0 Å². The van der Waals surface area contributed by atoms with Gasteiger partial charge in [0, 0.05) is 32.4 Å². The molecule has 2 heterocycles. The van der Waals surface area contributed by atoms with Crippen LogP contribution < -0.4 is 14.2 Å². The molecule has 0 spiro atoms. The summed E-state index contributed by atoms with van der Waals surface area (Å²) in [6.45, 7) is 7.93. The summed E-state index contributed by atoms with van der Waals surface area (Å²) in [5.41, 5.74) is 0.483. The fourth-order valence-corrected chi connectivity index (χ4v) is 4.12. The molecule has 1 aliphatic rings. The Kier molecular flexibility index (Phi) is 8.96. The molecule has 35 heavy (non-hydrogen) atoms. The zero-order valence-electron chi connectivity index (χ0n) is 20.1. The maximum absolute atomic E-state index is 14.6. The number of nitrogens with zero attached hydrogens (tertiary/aromatic N) is 3. The minimum atomic E-state index is -1.87. The lowest BCUT2D eigenvalue weighted by Gasteiger charge is -2.31. The molecule has 1 atom stereocenters. The highest BCUT2D eigenvalue weighted by molar-refractivity contribution is 7.83. The van der Waals surface area contributed by atoms with Gasteiger partial charge < -0.3 is 19.1 Å². The fourth-order valence-electron chi connectivity index (χ4n) is 3.25. The molecule has 1 aliphatic heterocycles. The number of nitrogens with one attached hydrogen (secondary N) is 1. The van der Waals surface area contributed by atoms with Crippen molar-refractivity contribution in [3.8, 4) is 17.5 Å². The molecule has 3 rings (SSSR count). The maximum Gasteiger partial charge on any atom is 0.410 e. The van der Waals surface area contributed by atoms with Crippen molar-refractivity contribution in [2.45, 2.75) is 64.1 Å². The number of benzene rings is 1. The van der Waals surface area contributed by atoms with Gasteiger partial charge in [0.25, 0.3) is 0 Å². The van der Waals surface area contributed by atoms with Crippen LogP contribution in [0.5, 0.6) is 17.5 Å². The van der Waals surface area contributed by atoms with E-state index in [1.807, 2.05) is 0 Å². The van der Waals surface area contributed by atoms with Crippen LogP contribution >= 0.6 is 0 Å². The predicted molar refractivity (Wildman–Crippen MR) is 125 cm³/mol. The summed E-state index contributed by atoms with van der Waals surface area (Å²) in [4.78, 5) is 33.5. The van der Waals surface area contributed by atoms with Crippen molar-refractivity contribution in [3.63, 3.8) is 0 Å². The molecule has 12 heteroatoms. The Morgan fingerprint density at radius 2 is 1.91 bits per heavy atom. The number of hydrogen-bond acceptors (Lipinski definition) is 8. The number of hydrogen-bond donors (Lipinski definition) is 1. The lowest BCUT2D eigenvalue weighted by atomic mass is 10.1. The van der Waals surface area contributed by atoms with E-state index in [1.165, 1.54) is 18.5 Å². The largest absolute Gasteiger partial charge is 0.474 e. The summed E-state index contributed by atoms with van der Waals surface area (Å²) >= 11 is 0. The highest BCUT2D eigenvalue weighted by atomic mass is 32.2. The number of amides is 2. The van der Waals surface area contributed by atoms with Crippen molar-refractivity contribution < 1.29 is 32.4 Å². The van der Waals surface area contributed by atoms with Crippen LogP contribution in [0.2, 0.25) is 0 Å². The molecule has 1 aromatic heterocycles. The van der Waals surface area contributed by atoms with Gasteiger partial charge in [0.1, 0.15) is 12.4 Å². The summed E-state index contributed by atoms with van der Waals surface area (Å²) in [7, 11) is -1.87. The first-order chi connectivity index (χ1) is 16.7. The molecular formula is C23H29FN4O6S. The van der Waals surface area contributed by atoms with Gasteiger partial charge in [-0.2, -0.15) is 0 Å². The molecule has 0 saturated carbocycles. The number of rotatable bonds is 8. The second-order valence-electron chi connectivity index (χ2n) is 8.19. The monoisotopic (exact) mass is 508 g/mol. The van der Waals surface area contributed by atoms with Crippen molar-refractivity contribution in [1.29, 1.82) is 0 Å². The predicted octanol–water partition coefficient (Wildman–Crippen LogP) is 3.65. The van der Waals surface area contributed by atoms with Crippen LogP contribution in [0.3, 0.4) is 0 Å². The molecule has 0 aliphatic carbocycles. The molecule has 2 aromatic rings. The third-order valence-corrected chi connectivity index (χ3v) is 6.25. The molecule has 1 fully saturated rings. The van der Waals surface area contributed by atoms with E-state index in [-0.39, 0.29) is 41.2 Å². The summed E-state index contributed by atoms with van der Waals surface area (Å²) in [5.74, 6) is -0.881. The molecular weight excluding hydrogens is 479 g/mol. The topological polar surface area (TPSA) is 120 Å². The zero-order valence-corrected chi connectivity index (χ0v) is 20.9. The Morgan fingerprint density at radius 1 is 1.23 bits per heavy atom. The van der Waals surface area contributed by atoms with E-state index in [2.05, 4.69) is 14.7 Å². The van der Waals surface area contributed by atoms with E-state index in [0.29, 0.717) is 37.4 Å². The van der Waals surface area contributed by atoms with Crippen LogP contribution in [0.4, 0.5) is 9.18 Å². The number of carbonyl (C=O) groups is 2. The minimum absolute atomic E-state index is 0.101. The quantitative estimate of drug-likeness (QED) is 0.574. The summed E-state index contributed by atoms with van der Waals surface area (Å²) < 4.78 is 45.9. The van der Waals surface area contributed by atoms with E-state index in [0.717, 1.165) is 6.07 Å². The van der Waals surface area contributed by atoms with E-state index in [4.69, 9.17) is 14.2 Å². The van der Waals surface area contributed by atoms with Crippen LogP contribution in [0.15, 0.2) is 29.4 Å². The van der Waals surface area contributed by atoms with Gasteiger partial charge in [0.2, 0.25) is 17.7 Å². The van der Waals surface area contributed by atoms with Gasteiger partial charge in [0.05, 0.1) is 16.6 Å². The smallest absolute Gasteiger partial charge is 0.410 e. The van der Waals surface area contributed by atoms with Crippen molar-refractivity contribution in [2.75, 3.05) is 13.1 Å². The van der Waals surface area contributed by atoms with Gasteiger partial charge in [0.15, 0.2) is 22.6 Å². The van der Waals surface area contributed by atoms with Crippen LogP contribution in [-0.4, -0.2) is 56.4 Å². The molecule has 190 valence electrons. The summed E-state index contributed by atoms with van der Waals surface area (Å²) in [5, 5.41) is 0. The highest BCUT2D eigenvalue weighted by Crippen LogP contribution is 2.31. The first-order valence-electron chi connectivity index (χ1n) is 11.3.